The fourth-order valence-corrected chi connectivity index (χ4v) is 5.11. The number of ether oxygens (including phenoxy) is 2. The van der Waals surface area contributed by atoms with Gasteiger partial charge >= 0.3 is 11.9 Å². The van der Waals surface area contributed by atoms with Crippen molar-refractivity contribution in [2.75, 3.05) is 14.2 Å². The minimum Gasteiger partial charge on any atom is -0.466 e. The number of rotatable bonds is 6. The van der Waals surface area contributed by atoms with Crippen molar-refractivity contribution in [3.8, 4) is 21.8 Å². The first-order chi connectivity index (χ1) is 17.2. The Morgan fingerprint density at radius 2 is 1.53 bits per heavy atom. The lowest BCUT2D eigenvalue weighted by atomic mass is 9.80. The number of nitrogens with zero attached hydrogens (tertiary/aromatic N) is 1. The van der Waals surface area contributed by atoms with Crippen molar-refractivity contribution in [2.24, 2.45) is 5.73 Å². The van der Waals surface area contributed by atoms with E-state index in [0.717, 1.165) is 27.4 Å². The van der Waals surface area contributed by atoms with Gasteiger partial charge in [-0.3, -0.25) is 4.79 Å². The molecule has 2 aromatic carbocycles. The van der Waals surface area contributed by atoms with Crippen LogP contribution in [-0.4, -0.2) is 37.0 Å². The molecule has 0 spiro atoms. The highest BCUT2D eigenvalue weighted by atomic mass is 32.1. The van der Waals surface area contributed by atoms with Crippen LogP contribution < -0.4 is 11.1 Å². The van der Waals surface area contributed by atoms with Crippen LogP contribution in [-0.2, 0) is 19.1 Å². The first-order valence-electron chi connectivity index (χ1n) is 11.1. The summed E-state index contributed by atoms with van der Waals surface area (Å²) >= 11 is 1.47. The van der Waals surface area contributed by atoms with Gasteiger partial charge in [0, 0.05) is 33.5 Å². The second-order valence-electron chi connectivity index (χ2n) is 8.22. The van der Waals surface area contributed by atoms with Crippen LogP contribution in [0.1, 0.15) is 35.7 Å². The summed E-state index contributed by atoms with van der Waals surface area (Å²) in [6.45, 7) is 3.55. The third kappa shape index (κ3) is 4.65. The highest BCUT2D eigenvalue weighted by Crippen LogP contribution is 2.40. The number of carbonyl (C=O) groups excluding carboxylic acids is 3. The minimum atomic E-state index is -0.674. The smallest absolute Gasteiger partial charge is 0.336 e. The Morgan fingerprint density at radius 3 is 2.08 bits per heavy atom. The third-order valence-corrected chi connectivity index (χ3v) is 6.90. The summed E-state index contributed by atoms with van der Waals surface area (Å²) in [6, 6.07) is 14.5. The molecule has 0 bridgehead atoms. The molecule has 0 aliphatic carbocycles. The lowest BCUT2D eigenvalue weighted by molar-refractivity contribution is -0.137. The van der Waals surface area contributed by atoms with Crippen molar-refractivity contribution in [3.05, 3.63) is 87.6 Å². The van der Waals surface area contributed by atoms with Crippen LogP contribution in [0.25, 0.3) is 21.8 Å². The number of primary amides is 1. The average molecular weight is 504 g/mol. The minimum absolute atomic E-state index is 0.343. The van der Waals surface area contributed by atoms with Crippen LogP contribution in [0.3, 0.4) is 0 Å². The predicted molar refractivity (Wildman–Crippen MR) is 137 cm³/mol. The molecule has 3 N–H and O–H groups in total. The Morgan fingerprint density at radius 1 is 0.917 bits per heavy atom. The van der Waals surface area contributed by atoms with Crippen LogP contribution in [0.4, 0.5) is 0 Å². The summed E-state index contributed by atoms with van der Waals surface area (Å²) in [5, 5.41) is 5.80. The predicted octanol–water partition coefficient (Wildman–Crippen LogP) is 4.16. The number of aromatic nitrogens is 1. The molecule has 1 amide bonds. The van der Waals surface area contributed by atoms with Gasteiger partial charge in [0.2, 0.25) is 5.91 Å². The Balaban J connectivity index is 1.76. The average Bonchev–Trinajstić information content (AvgIpc) is 3.38. The van der Waals surface area contributed by atoms with Gasteiger partial charge in [-0.25, -0.2) is 14.6 Å². The first kappa shape index (κ1) is 24.9. The number of allylic oxidation sites excluding steroid dienone is 2. The highest BCUT2D eigenvalue weighted by Gasteiger charge is 2.37. The summed E-state index contributed by atoms with van der Waals surface area (Å²) in [5.41, 5.74) is 10.8. The zero-order chi connectivity index (χ0) is 26.0. The monoisotopic (exact) mass is 503 g/mol. The Hall–Kier alpha value is -4.24. The Labute approximate surface area is 212 Å². The van der Waals surface area contributed by atoms with Gasteiger partial charge in [-0.05, 0) is 37.6 Å². The van der Waals surface area contributed by atoms with Gasteiger partial charge in [-0.2, -0.15) is 0 Å². The lowest BCUT2D eigenvalue weighted by Crippen LogP contribution is -2.32. The van der Waals surface area contributed by atoms with Gasteiger partial charge in [-0.15, -0.1) is 11.3 Å². The fraction of sp³-hybridized carbons (Fsp3) is 0.185. The van der Waals surface area contributed by atoms with Gasteiger partial charge in [0.1, 0.15) is 5.01 Å². The van der Waals surface area contributed by atoms with Crippen LogP contribution in [0, 0.1) is 0 Å². The first-order valence-corrected chi connectivity index (χ1v) is 11.9. The van der Waals surface area contributed by atoms with Crippen molar-refractivity contribution in [3.63, 3.8) is 0 Å². The highest BCUT2D eigenvalue weighted by molar-refractivity contribution is 7.13. The van der Waals surface area contributed by atoms with E-state index in [4.69, 9.17) is 20.2 Å². The summed E-state index contributed by atoms with van der Waals surface area (Å²) < 4.78 is 10.1. The van der Waals surface area contributed by atoms with Gasteiger partial charge < -0.3 is 20.5 Å². The molecule has 1 aliphatic rings. The molecule has 184 valence electrons. The summed E-state index contributed by atoms with van der Waals surface area (Å²) in [4.78, 5) is 41.7. The molecular formula is C27H25N3O5S. The van der Waals surface area contributed by atoms with Crippen LogP contribution in [0.2, 0.25) is 0 Å². The molecule has 0 atom stereocenters. The summed E-state index contributed by atoms with van der Waals surface area (Å²) in [7, 11) is 2.62. The summed E-state index contributed by atoms with van der Waals surface area (Å²) in [6.07, 6.45) is 0. The molecule has 0 saturated heterocycles. The molecule has 0 fully saturated rings. The third-order valence-electron chi connectivity index (χ3n) is 6.01. The SMILES string of the molecule is COC(=O)C1=C(C)NC(C)=C(C(=O)OC)C1c1cccc(-c2nc(-c3ccc(C(N)=O)cc3)cs2)c1. The number of amides is 1. The van der Waals surface area contributed by atoms with Gasteiger partial charge in [-0.1, -0.05) is 30.3 Å². The topological polar surface area (TPSA) is 121 Å². The zero-order valence-corrected chi connectivity index (χ0v) is 21.1. The number of benzene rings is 2. The second-order valence-corrected chi connectivity index (χ2v) is 9.08. The van der Waals surface area contributed by atoms with E-state index in [1.165, 1.54) is 25.6 Å². The molecule has 1 aliphatic heterocycles. The number of thiazole rings is 1. The largest absolute Gasteiger partial charge is 0.466 e. The number of hydrogen-bond acceptors (Lipinski definition) is 8. The van der Waals surface area contributed by atoms with Crippen molar-refractivity contribution in [2.45, 2.75) is 19.8 Å². The van der Waals surface area contributed by atoms with Crippen molar-refractivity contribution >= 4 is 29.2 Å². The summed E-state index contributed by atoms with van der Waals surface area (Å²) in [5.74, 6) is -2.21. The maximum absolute atomic E-state index is 12.8. The molecule has 4 rings (SSSR count). The molecule has 0 saturated carbocycles. The van der Waals surface area contributed by atoms with E-state index in [0.29, 0.717) is 28.1 Å². The Kier molecular flexibility index (Phi) is 7.03. The maximum Gasteiger partial charge on any atom is 0.336 e. The zero-order valence-electron chi connectivity index (χ0n) is 20.2. The van der Waals surface area contributed by atoms with Gasteiger partial charge in [0.15, 0.2) is 0 Å². The fourth-order valence-electron chi connectivity index (χ4n) is 4.28. The van der Waals surface area contributed by atoms with Crippen LogP contribution in [0.15, 0.2) is 76.5 Å². The normalized spacial score (nSPS) is 13.9. The van der Waals surface area contributed by atoms with E-state index < -0.39 is 23.8 Å². The molecule has 8 nitrogen and oxygen atoms in total. The van der Waals surface area contributed by atoms with E-state index in [1.807, 2.05) is 29.6 Å². The molecule has 3 aromatic rings. The number of dihydropyridines is 1. The number of nitrogens with one attached hydrogen (secondary N) is 1. The Bertz CT molecular complexity index is 1380. The number of carbonyl (C=O) groups is 3. The number of nitrogens with two attached hydrogens (primary N) is 1. The van der Waals surface area contributed by atoms with Gasteiger partial charge in [0.05, 0.1) is 37.0 Å². The van der Waals surface area contributed by atoms with Crippen molar-refractivity contribution < 1.29 is 23.9 Å². The van der Waals surface area contributed by atoms with Gasteiger partial charge in [0.25, 0.3) is 0 Å². The van der Waals surface area contributed by atoms with E-state index >= 15 is 0 Å². The standard InChI is InChI=1S/C27H25N3O5S/c1-14-21(26(32)34-3)23(22(15(2)29-14)27(33)35-4)18-6-5-7-19(12-18)25-30-20(13-36-25)16-8-10-17(11-9-16)24(28)31/h5-13,23,29H,1-4H3,(H2,28,31). The second kappa shape index (κ2) is 10.2. The molecule has 36 heavy (non-hydrogen) atoms. The molecule has 2 heterocycles. The number of esters is 2. The lowest BCUT2D eigenvalue weighted by Gasteiger charge is -2.30. The van der Waals surface area contributed by atoms with E-state index in [2.05, 4.69) is 5.32 Å². The van der Waals surface area contributed by atoms with Crippen LogP contribution in [0.5, 0.6) is 0 Å². The molecule has 0 radical (unpaired) electrons. The molecule has 0 unspecified atom stereocenters. The quantitative estimate of drug-likeness (QED) is 0.485. The molecule has 9 heteroatoms. The van der Waals surface area contributed by atoms with Crippen LogP contribution >= 0.6 is 11.3 Å². The molecule has 1 aromatic heterocycles. The molecular weight excluding hydrogens is 478 g/mol. The van der Waals surface area contributed by atoms with E-state index in [-0.39, 0.29) is 0 Å². The maximum atomic E-state index is 12.8. The number of hydrogen-bond donors (Lipinski definition) is 2. The van der Waals surface area contributed by atoms with Crippen molar-refractivity contribution in [1.82, 2.24) is 10.3 Å². The number of methoxy groups -OCH3 is 2. The van der Waals surface area contributed by atoms with Crippen molar-refractivity contribution in [1.29, 1.82) is 0 Å². The van der Waals surface area contributed by atoms with E-state index in [9.17, 15) is 14.4 Å². The van der Waals surface area contributed by atoms with E-state index in [1.54, 1.807) is 38.1 Å².